The number of aldehydes is 1. The Morgan fingerprint density at radius 2 is 2.00 bits per heavy atom. The van der Waals surface area contributed by atoms with Crippen molar-refractivity contribution in [2.24, 2.45) is 0 Å². The molecule has 2 aromatic rings. The molecular weight excluding hydrogens is 344 g/mol. The number of benzene rings is 1. The minimum Gasteiger partial charge on any atom is -0.493 e. The molecule has 0 bridgehead atoms. The maximum Gasteiger partial charge on any atom is 0.233 e. The summed E-state index contributed by atoms with van der Waals surface area (Å²) in [6, 6.07) is 2.09. The van der Waals surface area contributed by atoms with Crippen molar-refractivity contribution in [1.82, 2.24) is 4.98 Å². The molecule has 2 rings (SSSR count). The number of rotatable bonds is 6. The first-order chi connectivity index (χ1) is 11.4. The maximum absolute atomic E-state index is 14.3. The van der Waals surface area contributed by atoms with E-state index in [2.05, 4.69) is 4.98 Å². The number of carbonyl (C=O) groups is 1. The van der Waals surface area contributed by atoms with Gasteiger partial charge in [-0.2, -0.15) is 4.39 Å². The number of hydrogen-bond donors (Lipinski definition) is 0. The van der Waals surface area contributed by atoms with Crippen LogP contribution in [0.2, 0.25) is 5.02 Å². The van der Waals surface area contributed by atoms with Crippen LogP contribution in [0.4, 0.5) is 8.78 Å². The van der Waals surface area contributed by atoms with Crippen LogP contribution in [0, 0.1) is 11.6 Å². The van der Waals surface area contributed by atoms with E-state index in [9.17, 15) is 13.6 Å². The monoisotopic (exact) mass is 357 g/mol. The zero-order chi connectivity index (χ0) is 17.9. The molecule has 0 saturated heterocycles. The van der Waals surface area contributed by atoms with Crippen LogP contribution >= 0.6 is 11.6 Å². The van der Waals surface area contributed by atoms with Gasteiger partial charge in [-0.15, -0.1) is 0 Å². The molecule has 0 aliphatic carbocycles. The highest BCUT2D eigenvalue weighted by molar-refractivity contribution is 6.31. The molecule has 0 fully saturated rings. The van der Waals surface area contributed by atoms with Crippen molar-refractivity contribution >= 4 is 17.9 Å². The molecule has 0 aliphatic heterocycles. The smallest absolute Gasteiger partial charge is 0.233 e. The van der Waals surface area contributed by atoms with E-state index in [1.54, 1.807) is 13.8 Å². The summed E-state index contributed by atoms with van der Waals surface area (Å²) < 4.78 is 43.5. The zero-order valence-electron chi connectivity index (χ0n) is 13.1. The molecule has 1 aromatic heterocycles. The molecule has 0 aliphatic rings. The summed E-state index contributed by atoms with van der Waals surface area (Å²) in [6.45, 7) is 3.61. The third-order valence-electron chi connectivity index (χ3n) is 2.85. The van der Waals surface area contributed by atoms with Crippen molar-refractivity contribution in [2.75, 3.05) is 7.11 Å². The number of aromatic nitrogens is 1. The molecule has 128 valence electrons. The Balaban J connectivity index is 2.36. The van der Waals surface area contributed by atoms with Gasteiger partial charge in [0.1, 0.15) is 16.6 Å². The van der Waals surface area contributed by atoms with E-state index < -0.39 is 28.7 Å². The Labute approximate surface area is 142 Å². The van der Waals surface area contributed by atoms with Crippen LogP contribution in [0.25, 0.3) is 0 Å². The highest BCUT2D eigenvalue weighted by atomic mass is 35.5. The van der Waals surface area contributed by atoms with Crippen LogP contribution in [0.1, 0.15) is 24.2 Å². The van der Waals surface area contributed by atoms with Crippen molar-refractivity contribution in [1.29, 1.82) is 0 Å². The quantitative estimate of drug-likeness (QED) is 0.716. The molecule has 1 aromatic carbocycles. The van der Waals surface area contributed by atoms with Crippen LogP contribution in [0.5, 0.6) is 23.1 Å². The number of nitrogens with zero attached hydrogens (tertiary/aromatic N) is 1. The van der Waals surface area contributed by atoms with Gasteiger partial charge in [-0.3, -0.25) is 4.79 Å². The van der Waals surface area contributed by atoms with E-state index in [1.165, 1.54) is 12.3 Å². The second kappa shape index (κ2) is 7.44. The minimum absolute atomic E-state index is 0.0651. The number of hydrogen-bond acceptors (Lipinski definition) is 5. The third kappa shape index (κ3) is 3.73. The van der Waals surface area contributed by atoms with Crippen LogP contribution < -0.4 is 14.2 Å². The number of ether oxygens (including phenoxy) is 3. The number of pyridine rings is 1. The van der Waals surface area contributed by atoms with Crippen molar-refractivity contribution in [3.63, 3.8) is 0 Å². The van der Waals surface area contributed by atoms with E-state index in [0.29, 0.717) is 0 Å². The Hall–Kier alpha value is -2.41. The summed E-state index contributed by atoms with van der Waals surface area (Å²) in [5, 5.41) is 0.151. The summed E-state index contributed by atoms with van der Waals surface area (Å²) in [5.74, 6) is -2.74. The summed E-state index contributed by atoms with van der Waals surface area (Å²) in [4.78, 5) is 14.8. The van der Waals surface area contributed by atoms with Gasteiger partial charge >= 0.3 is 0 Å². The lowest BCUT2D eigenvalue weighted by molar-refractivity contribution is 0.111. The average molecular weight is 358 g/mol. The van der Waals surface area contributed by atoms with Crippen molar-refractivity contribution in [3.8, 4) is 23.1 Å². The molecule has 0 unspecified atom stereocenters. The van der Waals surface area contributed by atoms with Gasteiger partial charge in [-0.25, -0.2) is 9.37 Å². The molecular formula is C16H14ClF2NO4. The van der Waals surface area contributed by atoms with Crippen molar-refractivity contribution in [3.05, 3.63) is 40.6 Å². The van der Waals surface area contributed by atoms with Gasteiger partial charge in [-0.1, -0.05) is 11.6 Å². The average Bonchev–Trinajstić information content (AvgIpc) is 2.52. The lowest BCUT2D eigenvalue weighted by Crippen LogP contribution is -2.07. The molecule has 0 N–H and O–H groups in total. The summed E-state index contributed by atoms with van der Waals surface area (Å²) in [6.07, 6.45) is 1.28. The number of halogens is 3. The van der Waals surface area contributed by atoms with Crippen LogP contribution in [-0.4, -0.2) is 24.5 Å². The fourth-order valence-electron chi connectivity index (χ4n) is 1.88. The molecule has 0 amide bonds. The molecule has 0 saturated carbocycles. The van der Waals surface area contributed by atoms with E-state index in [4.69, 9.17) is 25.8 Å². The largest absolute Gasteiger partial charge is 0.493 e. The molecule has 8 heteroatoms. The maximum atomic E-state index is 14.3. The topological polar surface area (TPSA) is 57.6 Å². The number of methoxy groups -OCH3 is 1. The Morgan fingerprint density at radius 3 is 2.54 bits per heavy atom. The lowest BCUT2D eigenvalue weighted by atomic mass is 10.2. The van der Waals surface area contributed by atoms with Gasteiger partial charge in [0, 0.05) is 12.1 Å². The Morgan fingerprint density at radius 1 is 1.29 bits per heavy atom. The van der Waals surface area contributed by atoms with Gasteiger partial charge in [0.15, 0.2) is 17.8 Å². The fourth-order valence-corrected chi connectivity index (χ4v) is 2.08. The highest BCUT2D eigenvalue weighted by Crippen LogP contribution is 2.36. The Bertz CT molecular complexity index is 768. The van der Waals surface area contributed by atoms with Gasteiger partial charge in [0.05, 0.1) is 25.0 Å². The fraction of sp³-hybridized carbons (Fsp3) is 0.250. The van der Waals surface area contributed by atoms with Crippen LogP contribution in [0.15, 0.2) is 18.3 Å². The van der Waals surface area contributed by atoms with Crippen molar-refractivity contribution in [2.45, 2.75) is 20.0 Å². The van der Waals surface area contributed by atoms with E-state index in [-0.39, 0.29) is 29.0 Å². The molecule has 1 heterocycles. The van der Waals surface area contributed by atoms with Crippen LogP contribution in [0.3, 0.4) is 0 Å². The summed E-state index contributed by atoms with van der Waals surface area (Å²) in [5.41, 5.74) is -0.529. The molecule has 0 spiro atoms. The van der Waals surface area contributed by atoms with E-state index in [0.717, 1.165) is 13.2 Å². The minimum atomic E-state index is -1.01. The predicted molar refractivity (Wildman–Crippen MR) is 83.4 cm³/mol. The normalized spacial score (nSPS) is 10.6. The first-order valence-corrected chi connectivity index (χ1v) is 7.26. The van der Waals surface area contributed by atoms with Gasteiger partial charge < -0.3 is 14.2 Å². The standard InChI is InChI=1S/C16H14ClF2NO4/c1-8(2)23-16-11(17)4-9(6-20-16)24-13-5-12(18)10(7-21)15(22-3)14(13)19/h4-8H,1-3H3. The Kier molecular flexibility index (Phi) is 5.56. The predicted octanol–water partition coefficient (Wildman–Crippen LogP) is 4.41. The summed E-state index contributed by atoms with van der Waals surface area (Å²) in [7, 11) is 1.12. The zero-order valence-corrected chi connectivity index (χ0v) is 13.9. The van der Waals surface area contributed by atoms with Crippen molar-refractivity contribution < 1.29 is 27.8 Å². The number of carbonyl (C=O) groups excluding carboxylic acids is 1. The second-order valence-corrected chi connectivity index (χ2v) is 5.37. The molecule has 24 heavy (non-hydrogen) atoms. The first-order valence-electron chi connectivity index (χ1n) is 6.88. The third-order valence-corrected chi connectivity index (χ3v) is 3.13. The lowest BCUT2D eigenvalue weighted by Gasteiger charge is -2.13. The SMILES string of the molecule is COc1c(F)c(Oc2cnc(OC(C)C)c(Cl)c2)cc(F)c1C=O. The van der Waals surface area contributed by atoms with Gasteiger partial charge in [0.25, 0.3) is 0 Å². The summed E-state index contributed by atoms with van der Waals surface area (Å²) >= 11 is 6.01. The van der Waals surface area contributed by atoms with E-state index >= 15 is 0 Å². The molecule has 0 radical (unpaired) electrons. The van der Waals surface area contributed by atoms with Crippen LogP contribution in [-0.2, 0) is 0 Å². The van der Waals surface area contributed by atoms with E-state index in [1.807, 2.05) is 0 Å². The van der Waals surface area contributed by atoms with Gasteiger partial charge in [-0.05, 0) is 13.8 Å². The van der Waals surface area contributed by atoms with Gasteiger partial charge in [0.2, 0.25) is 11.7 Å². The second-order valence-electron chi connectivity index (χ2n) is 4.96. The first kappa shape index (κ1) is 17.9. The molecule has 5 nitrogen and oxygen atoms in total. The highest BCUT2D eigenvalue weighted by Gasteiger charge is 2.21. The molecule has 0 atom stereocenters.